The van der Waals surface area contributed by atoms with Gasteiger partial charge in [0.25, 0.3) is 5.91 Å². The van der Waals surface area contributed by atoms with E-state index in [1.807, 2.05) is 0 Å². The first-order valence-corrected chi connectivity index (χ1v) is 10.7. The molecule has 1 fully saturated rings. The summed E-state index contributed by atoms with van der Waals surface area (Å²) in [4.78, 5) is 35.7. The molecule has 1 aliphatic heterocycles. The Bertz CT molecular complexity index is 1200. The lowest BCUT2D eigenvalue weighted by atomic mass is 10.1. The first-order chi connectivity index (χ1) is 16.3. The zero-order chi connectivity index (χ0) is 24.4. The maximum absolute atomic E-state index is 12.2. The first-order valence-electron chi connectivity index (χ1n) is 10.7. The van der Waals surface area contributed by atoms with Gasteiger partial charge in [0.05, 0.1) is 6.33 Å². The van der Waals surface area contributed by atoms with E-state index < -0.39 is 36.4 Å². The number of aryl methyl sites for hydroxylation is 1. The van der Waals surface area contributed by atoms with Gasteiger partial charge in [0, 0.05) is 18.7 Å². The number of carboxylic acids is 1. The molecule has 1 amide bonds. The highest BCUT2D eigenvalue weighted by Gasteiger charge is 2.47. The lowest BCUT2D eigenvalue weighted by molar-refractivity contribution is -0.138. The SMILES string of the molecule is CCNC(=O)C1OC(n2cnc3c(N)nc(Nc4ccc(CCC(=O)O)cc4)nc32)C(O)C1O. The number of nitrogen functional groups attached to an aromatic ring is 1. The van der Waals surface area contributed by atoms with Crippen molar-refractivity contribution in [3.05, 3.63) is 36.2 Å². The highest BCUT2D eigenvalue weighted by molar-refractivity contribution is 5.84. The molecule has 0 aliphatic carbocycles. The van der Waals surface area contributed by atoms with Crippen LogP contribution in [-0.2, 0) is 20.7 Å². The molecule has 0 radical (unpaired) electrons. The Hall–Kier alpha value is -3.81. The van der Waals surface area contributed by atoms with Gasteiger partial charge < -0.3 is 36.4 Å². The first kappa shape index (κ1) is 23.4. The van der Waals surface area contributed by atoms with E-state index in [9.17, 15) is 19.8 Å². The predicted octanol–water partition coefficient (Wildman–Crippen LogP) is -0.0754. The number of imidazole rings is 1. The second-order valence-corrected chi connectivity index (χ2v) is 7.80. The van der Waals surface area contributed by atoms with Crippen molar-refractivity contribution in [2.45, 2.75) is 44.3 Å². The molecular weight excluding hydrogens is 446 g/mol. The summed E-state index contributed by atoms with van der Waals surface area (Å²) < 4.78 is 7.04. The van der Waals surface area contributed by atoms with Crippen molar-refractivity contribution in [2.24, 2.45) is 0 Å². The van der Waals surface area contributed by atoms with Crippen LogP contribution in [0.25, 0.3) is 11.2 Å². The number of nitrogens with one attached hydrogen (secondary N) is 2. The lowest BCUT2D eigenvalue weighted by Gasteiger charge is -2.17. The van der Waals surface area contributed by atoms with Crippen LogP contribution in [0.4, 0.5) is 17.5 Å². The quantitative estimate of drug-likeness (QED) is 0.257. The van der Waals surface area contributed by atoms with E-state index in [1.54, 1.807) is 31.2 Å². The average Bonchev–Trinajstić information content (AvgIpc) is 3.35. The van der Waals surface area contributed by atoms with Gasteiger partial charge in [0.1, 0.15) is 17.7 Å². The molecule has 4 rings (SSSR count). The van der Waals surface area contributed by atoms with Gasteiger partial charge in [-0.05, 0) is 31.0 Å². The number of aromatic nitrogens is 4. The standard InChI is InChI=1S/C21H25N7O6/c1-2-23-19(33)16-14(31)15(32)20(34-16)28-9-24-13-17(22)26-21(27-18(13)28)25-11-6-3-10(4-7-11)5-8-12(29)30/h3-4,6-7,9,14-16,20,31-32H,2,5,8H2,1H3,(H,23,33)(H,29,30)(H3,22,25,26,27). The predicted molar refractivity (Wildman–Crippen MR) is 120 cm³/mol. The van der Waals surface area contributed by atoms with Gasteiger partial charge in [0.15, 0.2) is 23.8 Å². The summed E-state index contributed by atoms with van der Waals surface area (Å²) in [7, 11) is 0. The summed E-state index contributed by atoms with van der Waals surface area (Å²) in [5, 5.41) is 35.2. The van der Waals surface area contributed by atoms with E-state index in [-0.39, 0.29) is 29.4 Å². The zero-order valence-corrected chi connectivity index (χ0v) is 18.3. The van der Waals surface area contributed by atoms with E-state index in [1.165, 1.54) is 10.9 Å². The van der Waals surface area contributed by atoms with E-state index in [0.717, 1.165) is 5.56 Å². The number of likely N-dealkylation sites (N-methyl/N-ethyl adjacent to an activating group) is 1. The number of amides is 1. The minimum Gasteiger partial charge on any atom is -0.481 e. The lowest BCUT2D eigenvalue weighted by Crippen LogP contribution is -2.42. The Morgan fingerprint density at radius 2 is 1.91 bits per heavy atom. The minimum absolute atomic E-state index is 0.0395. The Morgan fingerprint density at radius 1 is 1.18 bits per heavy atom. The third-order valence-electron chi connectivity index (χ3n) is 5.41. The Labute approximate surface area is 193 Å². The molecule has 13 nitrogen and oxygen atoms in total. The fraction of sp³-hybridized carbons (Fsp3) is 0.381. The van der Waals surface area contributed by atoms with Crippen molar-refractivity contribution in [3.63, 3.8) is 0 Å². The number of carbonyl (C=O) groups excluding carboxylic acids is 1. The third-order valence-corrected chi connectivity index (χ3v) is 5.41. The molecule has 13 heteroatoms. The number of aliphatic hydroxyl groups excluding tert-OH is 2. The molecule has 3 aromatic rings. The van der Waals surface area contributed by atoms with Crippen LogP contribution in [0.2, 0.25) is 0 Å². The van der Waals surface area contributed by atoms with Crippen LogP contribution in [0.5, 0.6) is 0 Å². The summed E-state index contributed by atoms with van der Waals surface area (Å²) in [5.41, 5.74) is 8.07. The Morgan fingerprint density at radius 3 is 2.59 bits per heavy atom. The molecule has 1 saturated heterocycles. The molecule has 0 spiro atoms. The van der Waals surface area contributed by atoms with Crippen LogP contribution in [0.15, 0.2) is 30.6 Å². The van der Waals surface area contributed by atoms with Gasteiger partial charge in [-0.2, -0.15) is 9.97 Å². The van der Waals surface area contributed by atoms with Crippen molar-refractivity contribution >= 4 is 40.5 Å². The summed E-state index contributed by atoms with van der Waals surface area (Å²) in [6.07, 6.45) is -3.43. The van der Waals surface area contributed by atoms with Gasteiger partial charge in [-0.25, -0.2) is 4.98 Å². The molecule has 7 N–H and O–H groups in total. The molecule has 4 unspecified atom stereocenters. The largest absolute Gasteiger partial charge is 0.481 e. The molecule has 1 aromatic carbocycles. The maximum Gasteiger partial charge on any atom is 0.303 e. The number of carboxylic acid groups (broad SMARTS) is 1. The second-order valence-electron chi connectivity index (χ2n) is 7.80. The van der Waals surface area contributed by atoms with Crippen molar-refractivity contribution in [2.75, 3.05) is 17.6 Å². The fourth-order valence-electron chi connectivity index (χ4n) is 3.70. The number of benzene rings is 1. The monoisotopic (exact) mass is 471 g/mol. The molecule has 1 aliphatic rings. The molecule has 0 bridgehead atoms. The number of ether oxygens (including phenoxy) is 1. The van der Waals surface area contributed by atoms with Crippen molar-refractivity contribution < 1.29 is 29.6 Å². The molecule has 180 valence electrons. The number of hydrogen-bond donors (Lipinski definition) is 6. The third kappa shape index (κ3) is 4.62. The smallest absolute Gasteiger partial charge is 0.303 e. The maximum atomic E-state index is 12.2. The second kappa shape index (κ2) is 9.59. The van der Waals surface area contributed by atoms with Gasteiger partial charge in [-0.3, -0.25) is 14.2 Å². The topological polar surface area (TPSA) is 198 Å². The zero-order valence-electron chi connectivity index (χ0n) is 18.3. The number of rotatable bonds is 8. The highest BCUT2D eigenvalue weighted by atomic mass is 16.6. The summed E-state index contributed by atoms with van der Waals surface area (Å²) in [6, 6.07) is 7.11. The number of hydrogen-bond acceptors (Lipinski definition) is 10. The molecular formula is C21H25N7O6. The van der Waals surface area contributed by atoms with Crippen LogP contribution in [0, 0.1) is 0 Å². The number of aliphatic hydroxyl groups is 2. The number of aliphatic carboxylic acids is 1. The van der Waals surface area contributed by atoms with Crippen LogP contribution >= 0.6 is 0 Å². The molecule has 34 heavy (non-hydrogen) atoms. The summed E-state index contributed by atoms with van der Waals surface area (Å²) >= 11 is 0. The average molecular weight is 471 g/mol. The van der Waals surface area contributed by atoms with Crippen molar-refractivity contribution in [3.8, 4) is 0 Å². The molecule has 3 heterocycles. The van der Waals surface area contributed by atoms with Crippen LogP contribution in [-0.4, -0.2) is 71.6 Å². The Balaban J connectivity index is 1.58. The van der Waals surface area contributed by atoms with E-state index in [4.69, 9.17) is 15.6 Å². The minimum atomic E-state index is -1.44. The van der Waals surface area contributed by atoms with Crippen molar-refractivity contribution in [1.29, 1.82) is 0 Å². The van der Waals surface area contributed by atoms with Crippen LogP contribution in [0.1, 0.15) is 25.1 Å². The summed E-state index contributed by atoms with van der Waals surface area (Å²) in [6.45, 7) is 2.08. The van der Waals surface area contributed by atoms with E-state index in [2.05, 4.69) is 25.6 Å². The molecule has 0 saturated carbocycles. The fourth-order valence-corrected chi connectivity index (χ4v) is 3.70. The number of carbonyl (C=O) groups is 2. The normalized spacial score (nSPS) is 22.1. The highest BCUT2D eigenvalue weighted by Crippen LogP contribution is 2.32. The summed E-state index contributed by atoms with van der Waals surface area (Å²) in [5.74, 6) is -1.17. The molecule has 2 aromatic heterocycles. The van der Waals surface area contributed by atoms with E-state index >= 15 is 0 Å². The number of fused-ring (bicyclic) bond motifs is 1. The number of nitrogens with zero attached hydrogens (tertiary/aromatic N) is 4. The molecule has 4 atom stereocenters. The van der Waals surface area contributed by atoms with Gasteiger partial charge >= 0.3 is 5.97 Å². The van der Waals surface area contributed by atoms with Crippen LogP contribution in [0.3, 0.4) is 0 Å². The van der Waals surface area contributed by atoms with Crippen molar-refractivity contribution in [1.82, 2.24) is 24.8 Å². The number of anilines is 3. The number of nitrogens with two attached hydrogens (primary N) is 1. The van der Waals surface area contributed by atoms with Gasteiger partial charge in [0.2, 0.25) is 5.95 Å². The van der Waals surface area contributed by atoms with Crippen LogP contribution < -0.4 is 16.4 Å². The van der Waals surface area contributed by atoms with E-state index in [0.29, 0.717) is 18.7 Å². The Kier molecular flexibility index (Phi) is 6.58. The van der Waals surface area contributed by atoms with Gasteiger partial charge in [-0.1, -0.05) is 12.1 Å². The van der Waals surface area contributed by atoms with Gasteiger partial charge in [-0.15, -0.1) is 0 Å².